The van der Waals surface area contributed by atoms with E-state index in [2.05, 4.69) is 5.32 Å². The fourth-order valence-corrected chi connectivity index (χ4v) is 2.70. The molecule has 1 amide bonds. The summed E-state index contributed by atoms with van der Waals surface area (Å²) in [4.78, 5) is 12.5. The maximum absolute atomic E-state index is 13.3. The molecule has 138 valence electrons. The Labute approximate surface area is 161 Å². The zero-order valence-corrected chi connectivity index (χ0v) is 15.3. The van der Waals surface area contributed by atoms with E-state index >= 15 is 0 Å². The van der Waals surface area contributed by atoms with E-state index in [-0.39, 0.29) is 12.5 Å². The summed E-state index contributed by atoms with van der Waals surface area (Å²) in [5, 5.41) is 3.24. The monoisotopic (exact) mass is 385 g/mol. The van der Waals surface area contributed by atoms with Gasteiger partial charge in [0.2, 0.25) is 0 Å². The highest BCUT2D eigenvalue weighted by Crippen LogP contribution is 2.24. The number of carbonyl (C=O) groups is 1. The Morgan fingerprint density at radius 1 is 1.07 bits per heavy atom. The van der Waals surface area contributed by atoms with Gasteiger partial charge in [-0.1, -0.05) is 23.7 Å². The lowest BCUT2D eigenvalue weighted by atomic mass is 10.1. The summed E-state index contributed by atoms with van der Waals surface area (Å²) in [7, 11) is 1.55. The third kappa shape index (κ3) is 4.99. The summed E-state index contributed by atoms with van der Waals surface area (Å²) < 4.78 is 24.4. The van der Waals surface area contributed by atoms with Crippen LogP contribution in [0.3, 0.4) is 0 Å². The van der Waals surface area contributed by atoms with Crippen molar-refractivity contribution in [2.24, 2.45) is 0 Å². The molecule has 0 saturated carbocycles. The van der Waals surface area contributed by atoms with Crippen LogP contribution in [0.15, 0.2) is 66.7 Å². The summed E-state index contributed by atoms with van der Waals surface area (Å²) in [6.07, 6.45) is 0. The molecule has 0 unspecified atom stereocenters. The molecule has 0 bridgehead atoms. The molecule has 0 radical (unpaired) electrons. The number of amides is 1. The van der Waals surface area contributed by atoms with E-state index in [0.717, 1.165) is 0 Å². The Balaban J connectivity index is 1.77. The second-order valence-electron chi connectivity index (χ2n) is 5.74. The van der Waals surface area contributed by atoms with Crippen molar-refractivity contribution in [1.29, 1.82) is 0 Å². The number of hydrogen-bond acceptors (Lipinski definition) is 3. The van der Waals surface area contributed by atoms with Gasteiger partial charge in [0.1, 0.15) is 23.9 Å². The molecule has 0 aliphatic rings. The number of carbonyl (C=O) groups excluding carboxylic acids is 1. The topological polar surface area (TPSA) is 47.6 Å². The molecular weight excluding hydrogens is 369 g/mol. The van der Waals surface area contributed by atoms with Crippen molar-refractivity contribution >= 4 is 23.2 Å². The quantitative estimate of drug-likeness (QED) is 0.624. The molecule has 0 fully saturated rings. The van der Waals surface area contributed by atoms with E-state index in [1.165, 1.54) is 18.2 Å². The molecule has 6 heteroatoms. The van der Waals surface area contributed by atoms with Crippen LogP contribution in [0.5, 0.6) is 11.5 Å². The largest absolute Gasteiger partial charge is 0.496 e. The van der Waals surface area contributed by atoms with E-state index in [1.807, 2.05) is 0 Å². The van der Waals surface area contributed by atoms with Crippen LogP contribution >= 0.6 is 11.6 Å². The lowest BCUT2D eigenvalue weighted by Gasteiger charge is -2.12. The first-order valence-corrected chi connectivity index (χ1v) is 8.55. The van der Waals surface area contributed by atoms with Gasteiger partial charge in [0.25, 0.3) is 5.91 Å². The third-order valence-corrected chi connectivity index (χ3v) is 4.05. The highest BCUT2D eigenvalue weighted by atomic mass is 35.5. The molecule has 0 aromatic heterocycles. The zero-order chi connectivity index (χ0) is 19.2. The smallest absolute Gasteiger partial charge is 0.255 e. The summed E-state index contributed by atoms with van der Waals surface area (Å²) in [6, 6.07) is 17.8. The lowest BCUT2D eigenvalue weighted by molar-refractivity contribution is 0.102. The minimum absolute atomic E-state index is 0.199. The van der Waals surface area contributed by atoms with Crippen LogP contribution in [0.2, 0.25) is 5.02 Å². The molecule has 3 aromatic carbocycles. The summed E-state index contributed by atoms with van der Waals surface area (Å²) in [5.74, 6) is 0.434. The minimum Gasteiger partial charge on any atom is -0.496 e. The number of halogens is 2. The second kappa shape index (κ2) is 8.56. The number of rotatable bonds is 6. The second-order valence-corrected chi connectivity index (χ2v) is 6.17. The first kappa shape index (κ1) is 18.7. The molecule has 0 heterocycles. The van der Waals surface area contributed by atoms with Gasteiger partial charge >= 0.3 is 0 Å². The van der Waals surface area contributed by atoms with E-state index in [0.29, 0.717) is 33.3 Å². The van der Waals surface area contributed by atoms with Gasteiger partial charge < -0.3 is 14.8 Å². The van der Waals surface area contributed by atoms with Gasteiger partial charge in [-0.25, -0.2) is 4.39 Å². The Kier molecular flexibility index (Phi) is 5.94. The Hall–Kier alpha value is -3.05. The lowest BCUT2D eigenvalue weighted by Crippen LogP contribution is -2.13. The van der Waals surface area contributed by atoms with Crippen LogP contribution < -0.4 is 14.8 Å². The number of anilines is 1. The Bertz CT molecular complexity index is 962. The number of ether oxygens (including phenoxy) is 2. The molecular formula is C21H17ClFNO3. The summed E-state index contributed by atoms with van der Waals surface area (Å²) >= 11 is 5.96. The third-order valence-electron chi connectivity index (χ3n) is 3.82. The maximum atomic E-state index is 13.3. The minimum atomic E-state index is -0.418. The van der Waals surface area contributed by atoms with Crippen LogP contribution in [-0.4, -0.2) is 13.0 Å². The van der Waals surface area contributed by atoms with Crippen molar-refractivity contribution in [3.05, 3.63) is 88.7 Å². The predicted molar refractivity (Wildman–Crippen MR) is 103 cm³/mol. The average molecular weight is 386 g/mol. The van der Waals surface area contributed by atoms with Crippen LogP contribution in [0.1, 0.15) is 15.9 Å². The number of nitrogens with one attached hydrogen (secondary N) is 1. The van der Waals surface area contributed by atoms with Crippen LogP contribution in [0.4, 0.5) is 10.1 Å². The molecule has 27 heavy (non-hydrogen) atoms. The fourth-order valence-electron chi connectivity index (χ4n) is 2.52. The van der Waals surface area contributed by atoms with Crippen LogP contribution in [0.25, 0.3) is 0 Å². The predicted octanol–water partition coefficient (Wildman–Crippen LogP) is 5.32. The molecule has 0 spiro atoms. The first-order valence-electron chi connectivity index (χ1n) is 8.17. The summed E-state index contributed by atoms with van der Waals surface area (Å²) in [5.41, 5.74) is 1.49. The SMILES string of the molecule is COc1ccc(C(=O)Nc2cccc(F)c2)cc1COc1cccc(Cl)c1. The van der Waals surface area contributed by atoms with Gasteiger partial charge in [0.15, 0.2) is 0 Å². The first-order chi connectivity index (χ1) is 13.0. The van der Waals surface area contributed by atoms with Gasteiger partial charge in [-0.05, 0) is 54.6 Å². The van der Waals surface area contributed by atoms with Gasteiger partial charge in [0, 0.05) is 21.8 Å². The van der Waals surface area contributed by atoms with Gasteiger partial charge in [-0.15, -0.1) is 0 Å². The summed E-state index contributed by atoms with van der Waals surface area (Å²) in [6.45, 7) is 0.199. The van der Waals surface area contributed by atoms with Crippen molar-refractivity contribution in [1.82, 2.24) is 0 Å². The number of hydrogen-bond donors (Lipinski definition) is 1. The molecule has 0 saturated heterocycles. The van der Waals surface area contributed by atoms with E-state index in [9.17, 15) is 9.18 Å². The highest BCUT2D eigenvalue weighted by molar-refractivity contribution is 6.30. The van der Waals surface area contributed by atoms with E-state index in [4.69, 9.17) is 21.1 Å². The zero-order valence-electron chi connectivity index (χ0n) is 14.5. The highest BCUT2D eigenvalue weighted by Gasteiger charge is 2.12. The standard InChI is InChI=1S/C21H17ClFNO3/c1-26-20-9-8-14(21(25)24-18-6-3-5-17(23)12-18)10-15(20)13-27-19-7-2-4-16(22)11-19/h2-12H,13H2,1H3,(H,24,25). The Morgan fingerprint density at radius 3 is 2.63 bits per heavy atom. The molecule has 0 aliphatic heterocycles. The van der Waals surface area contributed by atoms with Crippen LogP contribution in [-0.2, 0) is 6.61 Å². The molecule has 3 rings (SSSR count). The van der Waals surface area contributed by atoms with E-state index < -0.39 is 5.82 Å². The van der Waals surface area contributed by atoms with Gasteiger partial charge in [-0.2, -0.15) is 0 Å². The van der Waals surface area contributed by atoms with Crippen LogP contribution in [0, 0.1) is 5.82 Å². The average Bonchev–Trinajstić information content (AvgIpc) is 2.66. The van der Waals surface area contributed by atoms with Crippen molar-refractivity contribution in [2.45, 2.75) is 6.61 Å². The molecule has 3 aromatic rings. The number of methoxy groups -OCH3 is 1. The van der Waals surface area contributed by atoms with Crippen molar-refractivity contribution in [3.63, 3.8) is 0 Å². The maximum Gasteiger partial charge on any atom is 0.255 e. The van der Waals surface area contributed by atoms with E-state index in [1.54, 1.807) is 55.6 Å². The normalized spacial score (nSPS) is 10.3. The van der Waals surface area contributed by atoms with Gasteiger partial charge in [0.05, 0.1) is 7.11 Å². The fraction of sp³-hybridized carbons (Fsp3) is 0.0952. The van der Waals surface area contributed by atoms with Crippen molar-refractivity contribution in [3.8, 4) is 11.5 Å². The van der Waals surface area contributed by atoms with Gasteiger partial charge in [-0.3, -0.25) is 4.79 Å². The molecule has 0 atom stereocenters. The Morgan fingerprint density at radius 2 is 1.89 bits per heavy atom. The van der Waals surface area contributed by atoms with Crippen molar-refractivity contribution < 1.29 is 18.7 Å². The molecule has 0 aliphatic carbocycles. The molecule has 4 nitrogen and oxygen atoms in total. The number of benzene rings is 3. The molecule has 1 N–H and O–H groups in total. The van der Waals surface area contributed by atoms with Crippen molar-refractivity contribution in [2.75, 3.05) is 12.4 Å².